The Hall–Kier alpha value is -1.78. The molecule has 2 aliphatic carbocycles. The zero-order valence-corrected chi connectivity index (χ0v) is 10.7. The summed E-state index contributed by atoms with van der Waals surface area (Å²) in [6.07, 6.45) is -1.10. The van der Waals surface area contributed by atoms with Crippen molar-refractivity contribution in [3.8, 4) is 0 Å². The van der Waals surface area contributed by atoms with Crippen molar-refractivity contribution >= 4 is 16.6 Å². The van der Waals surface area contributed by atoms with Crippen LogP contribution < -0.4 is 5.73 Å². The highest BCUT2D eigenvalue weighted by Crippen LogP contribution is 2.55. The van der Waals surface area contributed by atoms with Crippen LogP contribution in [0.2, 0.25) is 0 Å². The van der Waals surface area contributed by atoms with Crippen LogP contribution in [0.15, 0.2) is 18.2 Å². The number of rotatable bonds is 0. The first-order valence-electron chi connectivity index (χ1n) is 6.75. The number of hydrogen-bond acceptors (Lipinski definition) is 2. The molecule has 5 heteroatoms. The van der Waals surface area contributed by atoms with Gasteiger partial charge in [0, 0.05) is 28.2 Å². The first-order chi connectivity index (χ1) is 9.45. The van der Waals surface area contributed by atoms with Gasteiger partial charge in [0.2, 0.25) is 0 Å². The highest BCUT2D eigenvalue weighted by atomic mass is 19.4. The van der Waals surface area contributed by atoms with Crippen molar-refractivity contribution in [3.05, 3.63) is 35.0 Å². The van der Waals surface area contributed by atoms with Crippen LogP contribution in [0.5, 0.6) is 0 Å². The molecule has 1 heterocycles. The SMILES string of the molecule is Nc1c2c(nc3ccc(C(F)(F)F)cc13)C1CCC2C1. The van der Waals surface area contributed by atoms with E-state index in [1.54, 1.807) is 0 Å². The normalized spacial score (nSPS) is 24.4. The molecule has 0 spiro atoms. The van der Waals surface area contributed by atoms with Gasteiger partial charge in [-0.05, 0) is 43.4 Å². The summed E-state index contributed by atoms with van der Waals surface area (Å²) in [5, 5.41) is 0.436. The highest BCUT2D eigenvalue weighted by Gasteiger charge is 2.40. The summed E-state index contributed by atoms with van der Waals surface area (Å²) in [5.74, 6) is 0.838. The number of benzene rings is 1. The molecule has 1 saturated carbocycles. The average Bonchev–Trinajstić information content (AvgIpc) is 2.98. The molecule has 104 valence electrons. The molecule has 0 amide bonds. The van der Waals surface area contributed by atoms with Crippen molar-refractivity contribution in [1.82, 2.24) is 4.98 Å². The summed E-state index contributed by atoms with van der Waals surface area (Å²) in [6.45, 7) is 0. The Labute approximate surface area is 113 Å². The van der Waals surface area contributed by atoms with Crippen LogP contribution in [-0.4, -0.2) is 4.98 Å². The van der Waals surface area contributed by atoms with Crippen molar-refractivity contribution in [3.63, 3.8) is 0 Å². The third kappa shape index (κ3) is 1.49. The van der Waals surface area contributed by atoms with Gasteiger partial charge in [0.15, 0.2) is 0 Å². The number of nitrogen functional groups attached to an aromatic ring is 1. The maximum Gasteiger partial charge on any atom is 0.416 e. The average molecular weight is 278 g/mol. The third-order valence-electron chi connectivity index (χ3n) is 4.65. The molecule has 2 aromatic rings. The van der Waals surface area contributed by atoms with Crippen molar-refractivity contribution in [2.75, 3.05) is 5.73 Å². The Morgan fingerprint density at radius 2 is 1.90 bits per heavy atom. The minimum absolute atomic E-state index is 0.390. The number of nitrogens with zero attached hydrogens (tertiary/aromatic N) is 1. The van der Waals surface area contributed by atoms with E-state index < -0.39 is 11.7 Å². The molecule has 0 saturated heterocycles. The van der Waals surface area contributed by atoms with Crippen LogP contribution in [0.3, 0.4) is 0 Å². The molecule has 0 aliphatic heterocycles. The van der Waals surface area contributed by atoms with E-state index in [4.69, 9.17) is 5.73 Å². The first kappa shape index (κ1) is 12.0. The lowest BCUT2D eigenvalue weighted by Gasteiger charge is -2.18. The largest absolute Gasteiger partial charge is 0.416 e. The van der Waals surface area contributed by atoms with Gasteiger partial charge in [-0.15, -0.1) is 0 Å². The Morgan fingerprint density at radius 3 is 2.65 bits per heavy atom. The maximum atomic E-state index is 12.8. The van der Waals surface area contributed by atoms with E-state index in [0.29, 0.717) is 28.4 Å². The Morgan fingerprint density at radius 1 is 1.15 bits per heavy atom. The molecule has 0 radical (unpaired) electrons. The van der Waals surface area contributed by atoms with Gasteiger partial charge < -0.3 is 5.73 Å². The van der Waals surface area contributed by atoms with Gasteiger partial charge in [-0.3, -0.25) is 4.98 Å². The predicted octanol–water partition coefficient (Wildman–Crippen LogP) is 4.20. The zero-order valence-electron chi connectivity index (χ0n) is 10.7. The summed E-state index contributed by atoms with van der Waals surface area (Å²) in [4.78, 5) is 4.58. The number of alkyl halides is 3. The second-order valence-corrected chi connectivity index (χ2v) is 5.76. The topological polar surface area (TPSA) is 38.9 Å². The minimum atomic E-state index is -4.35. The fourth-order valence-corrected chi connectivity index (χ4v) is 3.73. The molecule has 1 aromatic heterocycles. The number of aromatic nitrogens is 1. The van der Waals surface area contributed by atoms with Crippen molar-refractivity contribution in [1.29, 1.82) is 0 Å². The highest BCUT2D eigenvalue weighted by molar-refractivity contribution is 5.93. The number of pyridine rings is 1. The minimum Gasteiger partial charge on any atom is -0.398 e. The lowest BCUT2D eigenvalue weighted by molar-refractivity contribution is -0.137. The first-order valence-corrected chi connectivity index (χ1v) is 6.75. The van der Waals surface area contributed by atoms with Crippen LogP contribution in [-0.2, 0) is 6.18 Å². The standard InChI is InChI=1S/C15H13F3N2/c16-15(17,18)9-3-4-11-10(6-9)13(19)12-7-1-2-8(5-7)14(12)20-11/h3-4,6-8H,1-2,5H2,(H2,19,20). The zero-order chi connectivity index (χ0) is 14.1. The lowest BCUT2D eigenvalue weighted by Crippen LogP contribution is -2.08. The number of fused-ring (bicyclic) bond motifs is 6. The van der Waals surface area contributed by atoms with E-state index in [-0.39, 0.29) is 0 Å². The molecule has 2 atom stereocenters. The van der Waals surface area contributed by atoms with E-state index >= 15 is 0 Å². The number of halogens is 3. The predicted molar refractivity (Wildman–Crippen MR) is 70.5 cm³/mol. The molecule has 4 rings (SSSR count). The summed E-state index contributed by atoms with van der Waals surface area (Å²) in [6, 6.07) is 3.64. The van der Waals surface area contributed by atoms with E-state index in [2.05, 4.69) is 4.98 Å². The van der Waals surface area contributed by atoms with Gasteiger partial charge in [0.1, 0.15) is 0 Å². The number of nitrogens with two attached hydrogens (primary N) is 1. The summed E-state index contributed by atoms with van der Waals surface area (Å²) in [7, 11) is 0. The third-order valence-corrected chi connectivity index (χ3v) is 4.65. The Kier molecular flexibility index (Phi) is 2.19. The summed E-state index contributed by atoms with van der Waals surface area (Å²) in [5.41, 5.74) is 8.60. The molecule has 2 aliphatic rings. The van der Waals surface area contributed by atoms with Crippen LogP contribution in [0.4, 0.5) is 18.9 Å². The molecule has 2 bridgehead atoms. The molecule has 20 heavy (non-hydrogen) atoms. The fraction of sp³-hybridized carbons (Fsp3) is 0.400. The molecule has 2 N–H and O–H groups in total. The van der Waals surface area contributed by atoms with E-state index in [1.165, 1.54) is 6.07 Å². The van der Waals surface area contributed by atoms with Gasteiger partial charge in [-0.1, -0.05) is 0 Å². The molecule has 1 fully saturated rings. The second kappa shape index (κ2) is 3.65. The molecule has 1 aromatic carbocycles. The van der Waals surface area contributed by atoms with Crippen molar-refractivity contribution < 1.29 is 13.2 Å². The fourth-order valence-electron chi connectivity index (χ4n) is 3.73. The van der Waals surface area contributed by atoms with Crippen LogP contribution in [0, 0.1) is 0 Å². The molecule has 2 unspecified atom stereocenters. The number of anilines is 1. The van der Waals surface area contributed by atoms with Crippen LogP contribution in [0.1, 0.15) is 47.9 Å². The van der Waals surface area contributed by atoms with Gasteiger partial charge in [0.05, 0.1) is 11.1 Å². The quantitative estimate of drug-likeness (QED) is 0.784. The lowest BCUT2D eigenvalue weighted by atomic mass is 9.92. The van der Waals surface area contributed by atoms with E-state index in [1.807, 2.05) is 0 Å². The summed E-state index contributed by atoms with van der Waals surface area (Å²) < 4.78 is 38.4. The van der Waals surface area contributed by atoms with E-state index in [0.717, 1.165) is 42.7 Å². The molecule has 2 nitrogen and oxygen atoms in total. The van der Waals surface area contributed by atoms with Crippen LogP contribution >= 0.6 is 0 Å². The van der Waals surface area contributed by atoms with Gasteiger partial charge in [-0.25, -0.2) is 0 Å². The Balaban J connectivity index is 1.99. The van der Waals surface area contributed by atoms with Gasteiger partial charge in [-0.2, -0.15) is 13.2 Å². The molecular formula is C15H13F3N2. The van der Waals surface area contributed by atoms with Crippen LogP contribution in [0.25, 0.3) is 10.9 Å². The number of hydrogen-bond donors (Lipinski definition) is 1. The second-order valence-electron chi connectivity index (χ2n) is 5.76. The van der Waals surface area contributed by atoms with Crippen molar-refractivity contribution in [2.24, 2.45) is 0 Å². The van der Waals surface area contributed by atoms with Crippen molar-refractivity contribution in [2.45, 2.75) is 37.3 Å². The Bertz CT molecular complexity index is 721. The summed E-state index contributed by atoms with van der Waals surface area (Å²) >= 11 is 0. The smallest absolute Gasteiger partial charge is 0.398 e. The van der Waals surface area contributed by atoms with Gasteiger partial charge in [0.25, 0.3) is 0 Å². The monoisotopic (exact) mass is 278 g/mol. The van der Waals surface area contributed by atoms with Gasteiger partial charge >= 0.3 is 6.18 Å². The maximum absolute atomic E-state index is 12.8. The molecular weight excluding hydrogens is 265 g/mol. The van der Waals surface area contributed by atoms with E-state index in [9.17, 15) is 13.2 Å².